The number of benzene rings is 3. The van der Waals surface area contributed by atoms with Gasteiger partial charge in [0.25, 0.3) is 0 Å². The lowest BCUT2D eigenvalue weighted by molar-refractivity contribution is -0.140. The van der Waals surface area contributed by atoms with E-state index >= 15 is 0 Å². The van der Waals surface area contributed by atoms with Gasteiger partial charge in [0.15, 0.2) is 0 Å². The van der Waals surface area contributed by atoms with Crippen molar-refractivity contribution in [2.45, 2.75) is 46.7 Å². The first-order chi connectivity index (χ1) is 18.8. The third-order valence-electron chi connectivity index (χ3n) is 6.53. The minimum absolute atomic E-state index is 0.00386. The maximum Gasteiger partial charge on any atom is 0.244 e. The molecule has 0 unspecified atom stereocenters. The number of nitrogens with one attached hydrogen (secondary N) is 1. The largest absolute Gasteiger partial charge is 0.354 e. The summed E-state index contributed by atoms with van der Waals surface area (Å²) < 4.78 is 40.7. The fraction of sp³-hybridized carbons (Fsp3) is 0.355. The van der Waals surface area contributed by atoms with Crippen LogP contribution in [-0.2, 0) is 32.6 Å². The van der Waals surface area contributed by atoms with Crippen LogP contribution in [0, 0.1) is 25.6 Å². The number of rotatable bonds is 12. The van der Waals surface area contributed by atoms with Gasteiger partial charge in [-0.15, -0.1) is 0 Å². The summed E-state index contributed by atoms with van der Waals surface area (Å²) in [6, 6.07) is 19.5. The van der Waals surface area contributed by atoms with E-state index in [1.54, 1.807) is 31.2 Å². The Balaban J connectivity index is 2.06. The van der Waals surface area contributed by atoms with E-state index in [0.717, 1.165) is 21.7 Å². The molecule has 0 fully saturated rings. The molecule has 0 aliphatic carbocycles. The number of hydrogen-bond donors (Lipinski definition) is 1. The number of carbonyl (C=O) groups excluding carboxylic acids is 2. The Morgan fingerprint density at radius 3 is 2.17 bits per heavy atom. The second-order valence-electron chi connectivity index (χ2n) is 10.6. The number of aryl methyl sites for hydroxylation is 2. The van der Waals surface area contributed by atoms with Crippen LogP contribution in [0.4, 0.5) is 10.1 Å². The van der Waals surface area contributed by atoms with Gasteiger partial charge in [-0.2, -0.15) is 0 Å². The monoisotopic (exact) mass is 567 g/mol. The highest BCUT2D eigenvalue weighted by Gasteiger charge is 2.33. The lowest BCUT2D eigenvalue weighted by atomic mass is 10.0. The van der Waals surface area contributed by atoms with Crippen LogP contribution in [-0.4, -0.2) is 50.5 Å². The number of amides is 2. The number of nitrogens with zero attached hydrogens (tertiary/aromatic N) is 2. The number of halogens is 1. The molecule has 1 N–H and O–H groups in total. The molecule has 3 rings (SSSR count). The van der Waals surface area contributed by atoms with Gasteiger partial charge in [0.1, 0.15) is 18.4 Å². The van der Waals surface area contributed by atoms with Crippen molar-refractivity contribution < 1.29 is 22.4 Å². The fourth-order valence-corrected chi connectivity index (χ4v) is 5.24. The summed E-state index contributed by atoms with van der Waals surface area (Å²) in [5, 5.41) is 2.94. The molecule has 0 bridgehead atoms. The highest BCUT2D eigenvalue weighted by Crippen LogP contribution is 2.25. The SMILES string of the molecule is Cc1ccc(C)c(N(CC(=O)N(Cc2ccc(F)cc2)[C@@H](Cc2ccccc2)C(=O)NCC(C)C)S(C)(=O)=O)c1. The molecule has 0 radical (unpaired) electrons. The summed E-state index contributed by atoms with van der Waals surface area (Å²) >= 11 is 0. The van der Waals surface area contributed by atoms with Crippen molar-refractivity contribution in [3.63, 3.8) is 0 Å². The molecule has 0 aromatic heterocycles. The van der Waals surface area contributed by atoms with E-state index in [0.29, 0.717) is 23.4 Å². The van der Waals surface area contributed by atoms with Crippen LogP contribution in [0.25, 0.3) is 0 Å². The van der Waals surface area contributed by atoms with Gasteiger partial charge in [-0.05, 0) is 60.2 Å². The smallest absolute Gasteiger partial charge is 0.244 e. The van der Waals surface area contributed by atoms with Crippen LogP contribution in [0.3, 0.4) is 0 Å². The highest BCUT2D eigenvalue weighted by atomic mass is 32.2. The van der Waals surface area contributed by atoms with Gasteiger partial charge in [-0.1, -0.05) is 68.4 Å². The first-order valence-electron chi connectivity index (χ1n) is 13.3. The normalized spacial score (nSPS) is 12.2. The van der Waals surface area contributed by atoms with Crippen molar-refractivity contribution in [2.24, 2.45) is 5.92 Å². The molecule has 0 spiro atoms. The van der Waals surface area contributed by atoms with E-state index in [1.807, 2.05) is 57.2 Å². The van der Waals surface area contributed by atoms with E-state index in [2.05, 4.69) is 5.32 Å². The van der Waals surface area contributed by atoms with E-state index in [4.69, 9.17) is 0 Å². The minimum atomic E-state index is -3.85. The summed E-state index contributed by atoms with van der Waals surface area (Å²) in [5.74, 6) is -1.12. The molecule has 0 saturated heterocycles. The molecule has 2 amide bonds. The number of sulfonamides is 1. The van der Waals surface area contributed by atoms with Gasteiger partial charge in [-0.25, -0.2) is 12.8 Å². The Hall–Kier alpha value is -3.72. The Morgan fingerprint density at radius 1 is 0.925 bits per heavy atom. The molecule has 0 saturated carbocycles. The zero-order valence-electron chi connectivity index (χ0n) is 23.7. The van der Waals surface area contributed by atoms with Crippen LogP contribution in [0.15, 0.2) is 72.8 Å². The van der Waals surface area contributed by atoms with E-state index in [-0.39, 0.29) is 24.8 Å². The molecule has 40 heavy (non-hydrogen) atoms. The molecule has 1 atom stereocenters. The van der Waals surface area contributed by atoms with E-state index < -0.39 is 34.3 Å². The van der Waals surface area contributed by atoms with Crippen molar-refractivity contribution in [3.8, 4) is 0 Å². The average Bonchev–Trinajstić information content (AvgIpc) is 2.90. The number of carbonyl (C=O) groups is 2. The Morgan fingerprint density at radius 2 is 1.57 bits per heavy atom. The molecule has 3 aromatic rings. The zero-order valence-corrected chi connectivity index (χ0v) is 24.5. The summed E-state index contributed by atoms with van der Waals surface area (Å²) in [5.41, 5.74) is 3.41. The predicted molar refractivity (Wildman–Crippen MR) is 157 cm³/mol. The van der Waals surface area contributed by atoms with Crippen molar-refractivity contribution in [3.05, 3.63) is 101 Å². The topological polar surface area (TPSA) is 86.8 Å². The van der Waals surface area contributed by atoms with Crippen molar-refractivity contribution in [2.75, 3.05) is 23.7 Å². The molecule has 7 nitrogen and oxygen atoms in total. The molecule has 0 aliphatic rings. The van der Waals surface area contributed by atoms with E-state index in [1.165, 1.54) is 17.0 Å². The number of hydrogen-bond acceptors (Lipinski definition) is 4. The van der Waals surface area contributed by atoms with Gasteiger partial charge in [0, 0.05) is 19.5 Å². The second-order valence-corrected chi connectivity index (χ2v) is 12.5. The van der Waals surface area contributed by atoms with Crippen molar-refractivity contribution >= 4 is 27.5 Å². The fourth-order valence-electron chi connectivity index (χ4n) is 4.35. The van der Waals surface area contributed by atoms with Crippen LogP contribution in [0.5, 0.6) is 0 Å². The van der Waals surface area contributed by atoms with Crippen LogP contribution >= 0.6 is 0 Å². The van der Waals surface area contributed by atoms with Gasteiger partial charge in [-0.3, -0.25) is 13.9 Å². The van der Waals surface area contributed by atoms with Crippen LogP contribution in [0.2, 0.25) is 0 Å². The molecule has 9 heteroatoms. The third kappa shape index (κ3) is 8.64. The van der Waals surface area contributed by atoms with Gasteiger partial charge < -0.3 is 10.2 Å². The summed E-state index contributed by atoms with van der Waals surface area (Å²) in [7, 11) is -3.85. The van der Waals surface area contributed by atoms with Gasteiger partial charge >= 0.3 is 0 Å². The molecule has 214 valence electrons. The lowest BCUT2D eigenvalue weighted by Gasteiger charge is -2.34. The van der Waals surface area contributed by atoms with Gasteiger partial charge in [0.2, 0.25) is 21.8 Å². The average molecular weight is 568 g/mol. The summed E-state index contributed by atoms with van der Waals surface area (Å²) in [6.07, 6.45) is 1.28. The molecular formula is C31H38FN3O4S. The molecule has 0 heterocycles. The summed E-state index contributed by atoms with van der Waals surface area (Å²) in [6.45, 7) is 7.50. The zero-order chi connectivity index (χ0) is 29.4. The Bertz CT molecular complexity index is 1410. The van der Waals surface area contributed by atoms with Crippen LogP contribution < -0.4 is 9.62 Å². The van der Waals surface area contributed by atoms with Crippen LogP contribution in [0.1, 0.15) is 36.1 Å². The van der Waals surface area contributed by atoms with E-state index in [9.17, 15) is 22.4 Å². The maximum atomic E-state index is 14.1. The lowest BCUT2D eigenvalue weighted by Crippen LogP contribution is -2.53. The Kier molecular flexibility index (Phi) is 10.5. The summed E-state index contributed by atoms with van der Waals surface area (Å²) in [4.78, 5) is 29.1. The minimum Gasteiger partial charge on any atom is -0.354 e. The molecule has 0 aliphatic heterocycles. The Labute approximate surface area is 237 Å². The quantitative estimate of drug-likeness (QED) is 0.346. The molecular weight excluding hydrogens is 529 g/mol. The predicted octanol–water partition coefficient (Wildman–Crippen LogP) is 4.62. The maximum absolute atomic E-state index is 14.1. The second kappa shape index (κ2) is 13.6. The number of anilines is 1. The highest BCUT2D eigenvalue weighted by molar-refractivity contribution is 7.92. The van der Waals surface area contributed by atoms with Crippen molar-refractivity contribution in [1.29, 1.82) is 0 Å². The third-order valence-corrected chi connectivity index (χ3v) is 7.66. The van der Waals surface area contributed by atoms with Gasteiger partial charge in [0.05, 0.1) is 11.9 Å². The first-order valence-corrected chi connectivity index (χ1v) is 15.1. The standard InChI is InChI=1S/C31H38FN3O4S/c1-22(2)19-33-31(37)29(18-25-9-7-6-8-10-25)34(20-26-13-15-27(32)16-14-26)30(36)21-35(40(5,38)39)28-17-23(3)11-12-24(28)4/h6-17,22,29H,18-21H2,1-5H3,(H,33,37)/t29-/m0/s1. The molecule has 3 aromatic carbocycles. The van der Waals surface area contributed by atoms with Crippen molar-refractivity contribution in [1.82, 2.24) is 10.2 Å². The first kappa shape index (κ1) is 30.8.